The van der Waals surface area contributed by atoms with Gasteiger partial charge in [0.25, 0.3) is 11.5 Å². The van der Waals surface area contributed by atoms with Crippen LogP contribution in [-0.4, -0.2) is 39.8 Å². The van der Waals surface area contributed by atoms with Gasteiger partial charge in [-0.25, -0.2) is 0 Å². The number of aromatic nitrogens is 1. The molecule has 3 rings (SSSR count). The Hall–Kier alpha value is -3.81. The van der Waals surface area contributed by atoms with E-state index in [1.165, 1.54) is 4.57 Å². The maximum Gasteiger partial charge on any atom is 0.322 e. The van der Waals surface area contributed by atoms with E-state index in [2.05, 4.69) is 5.32 Å². The Morgan fingerprint density at radius 3 is 2.53 bits per heavy atom. The van der Waals surface area contributed by atoms with Crippen LogP contribution < -0.4 is 15.6 Å². The van der Waals surface area contributed by atoms with Gasteiger partial charge < -0.3 is 24.8 Å². The van der Waals surface area contributed by atoms with Gasteiger partial charge in [0.05, 0.1) is 18.7 Å². The molecule has 0 spiro atoms. The molecule has 0 atom stereocenters. The van der Waals surface area contributed by atoms with E-state index in [0.29, 0.717) is 17.9 Å². The van der Waals surface area contributed by atoms with Crippen LogP contribution in [0.25, 0.3) is 10.9 Å². The normalized spacial score (nSPS) is 10.7. The fourth-order valence-corrected chi connectivity index (χ4v) is 3.10. The highest BCUT2D eigenvalue weighted by Gasteiger charge is 2.23. The fraction of sp³-hybridized carbons (Fsp3) is 0.227. The minimum absolute atomic E-state index is 0.171. The zero-order valence-corrected chi connectivity index (χ0v) is 16.4. The molecule has 2 aromatic carbocycles. The monoisotopic (exact) mass is 410 g/mol. The third-order valence-corrected chi connectivity index (χ3v) is 4.49. The van der Waals surface area contributed by atoms with Gasteiger partial charge >= 0.3 is 5.97 Å². The lowest BCUT2D eigenvalue weighted by Crippen LogP contribution is -2.36. The molecule has 1 amide bonds. The lowest BCUT2D eigenvalue weighted by molar-refractivity contribution is -0.135. The van der Waals surface area contributed by atoms with Crippen LogP contribution in [0, 0.1) is 0 Å². The van der Waals surface area contributed by atoms with Crippen molar-refractivity contribution < 1.29 is 24.5 Å². The molecule has 3 aromatic rings. The molecule has 1 aromatic heterocycles. The predicted octanol–water partition coefficient (Wildman–Crippen LogP) is 2.36. The zero-order valence-electron chi connectivity index (χ0n) is 16.4. The Balaban J connectivity index is 2.19. The van der Waals surface area contributed by atoms with Gasteiger partial charge in [-0.1, -0.05) is 37.3 Å². The molecule has 8 nitrogen and oxygen atoms in total. The quantitative estimate of drug-likeness (QED) is 0.525. The molecule has 30 heavy (non-hydrogen) atoms. The van der Waals surface area contributed by atoms with Crippen molar-refractivity contribution in [3.05, 3.63) is 70.0 Å². The van der Waals surface area contributed by atoms with E-state index in [9.17, 15) is 19.5 Å². The predicted molar refractivity (Wildman–Crippen MR) is 111 cm³/mol. The number of carboxylic acids is 1. The van der Waals surface area contributed by atoms with E-state index < -0.39 is 35.3 Å². The van der Waals surface area contributed by atoms with E-state index >= 15 is 0 Å². The summed E-state index contributed by atoms with van der Waals surface area (Å²) >= 11 is 0. The van der Waals surface area contributed by atoms with Crippen LogP contribution in [0.1, 0.15) is 29.3 Å². The summed E-state index contributed by atoms with van der Waals surface area (Å²) in [5.74, 6) is -2.24. The molecule has 0 fully saturated rings. The average Bonchev–Trinajstić information content (AvgIpc) is 2.74. The van der Waals surface area contributed by atoms with Gasteiger partial charge in [-0.05, 0) is 30.2 Å². The van der Waals surface area contributed by atoms with Crippen LogP contribution in [0.2, 0.25) is 0 Å². The molecule has 0 aliphatic rings. The van der Waals surface area contributed by atoms with Crippen molar-refractivity contribution in [2.75, 3.05) is 13.2 Å². The number of hydrogen-bond acceptors (Lipinski definition) is 5. The number of aromatic hydroxyl groups is 1. The number of carboxylic acid groups (broad SMARTS) is 1. The number of pyridine rings is 1. The van der Waals surface area contributed by atoms with Crippen molar-refractivity contribution in [2.45, 2.75) is 19.9 Å². The number of amides is 1. The Bertz CT molecular complexity index is 1140. The third-order valence-electron chi connectivity index (χ3n) is 4.49. The smallest absolute Gasteiger partial charge is 0.322 e. The lowest BCUT2D eigenvalue weighted by atomic mass is 10.1. The van der Waals surface area contributed by atoms with Crippen molar-refractivity contribution in [3.63, 3.8) is 0 Å². The van der Waals surface area contributed by atoms with Gasteiger partial charge in [-0.3, -0.25) is 14.4 Å². The summed E-state index contributed by atoms with van der Waals surface area (Å²) in [4.78, 5) is 36.4. The number of hydrogen-bond donors (Lipinski definition) is 3. The number of benzene rings is 2. The zero-order chi connectivity index (χ0) is 21.7. The molecule has 0 aliphatic heterocycles. The molecule has 0 saturated carbocycles. The summed E-state index contributed by atoms with van der Waals surface area (Å²) in [6.07, 6.45) is 0.792. The molecule has 3 N–H and O–H groups in total. The SMILES string of the molecule is CCCOc1ccc2c(c1)c(O)c(C(=O)NCC(=O)O)c(=O)n2Cc1ccccc1. The number of aliphatic carboxylic acids is 1. The first-order valence-electron chi connectivity index (χ1n) is 9.48. The molecule has 8 heteroatoms. The van der Waals surface area contributed by atoms with Gasteiger partial charge in [0, 0.05) is 5.39 Å². The van der Waals surface area contributed by atoms with Gasteiger partial charge in [0.15, 0.2) is 0 Å². The van der Waals surface area contributed by atoms with Crippen LogP contribution in [0.4, 0.5) is 0 Å². The number of fused-ring (bicyclic) bond motifs is 1. The van der Waals surface area contributed by atoms with E-state index in [1.54, 1.807) is 18.2 Å². The van der Waals surface area contributed by atoms with Crippen molar-refractivity contribution in [1.82, 2.24) is 9.88 Å². The Morgan fingerprint density at radius 2 is 1.87 bits per heavy atom. The Morgan fingerprint density at radius 1 is 1.13 bits per heavy atom. The molecule has 0 aliphatic carbocycles. The van der Waals surface area contributed by atoms with E-state index in [0.717, 1.165) is 12.0 Å². The summed E-state index contributed by atoms with van der Waals surface area (Å²) < 4.78 is 6.99. The first-order chi connectivity index (χ1) is 14.4. The van der Waals surface area contributed by atoms with Crippen LogP contribution in [0.15, 0.2) is 53.3 Å². The largest absolute Gasteiger partial charge is 0.506 e. The first kappa shape index (κ1) is 20.9. The summed E-state index contributed by atoms with van der Waals surface area (Å²) in [6, 6.07) is 14.1. The second kappa shape index (κ2) is 9.13. The highest BCUT2D eigenvalue weighted by atomic mass is 16.5. The van der Waals surface area contributed by atoms with E-state index in [4.69, 9.17) is 9.84 Å². The average molecular weight is 410 g/mol. The molecule has 0 radical (unpaired) electrons. The number of carbonyl (C=O) groups excluding carboxylic acids is 1. The summed E-state index contributed by atoms with van der Waals surface area (Å²) in [5.41, 5.74) is 0.0380. The maximum atomic E-state index is 13.1. The number of ether oxygens (including phenoxy) is 1. The first-order valence-corrected chi connectivity index (χ1v) is 9.48. The van der Waals surface area contributed by atoms with Gasteiger partial charge in [0.1, 0.15) is 23.6 Å². The number of carbonyl (C=O) groups is 2. The van der Waals surface area contributed by atoms with Crippen LogP contribution >= 0.6 is 0 Å². The molecular weight excluding hydrogens is 388 g/mol. The van der Waals surface area contributed by atoms with E-state index in [-0.39, 0.29) is 11.9 Å². The summed E-state index contributed by atoms with van der Waals surface area (Å²) in [7, 11) is 0. The summed E-state index contributed by atoms with van der Waals surface area (Å²) in [6.45, 7) is 1.93. The molecule has 156 valence electrons. The van der Waals surface area contributed by atoms with Crippen LogP contribution in [0.5, 0.6) is 11.5 Å². The second-order valence-corrected chi connectivity index (χ2v) is 6.70. The van der Waals surface area contributed by atoms with Gasteiger partial charge in [-0.15, -0.1) is 0 Å². The highest BCUT2D eigenvalue weighted by molar-refractivity contribution is 6.03. The third kappa shape index (κ3) is 4.43. The van der Waals surface area contributed by atoms with Crippen molar-refractivity contribution in [1.29, 1.82) is 0 Å². The molecule has 0 unspecified atom stereocenters. The Labute approximate surface area is 172 Å². The van der Waals surface area contributed by atoms with Crippen molar-refractivity contribution >= 4 is 22.8 Å². The minimum Gasteiger partial charge on any atom is -0.506 e. The molecule has 0 saturated heterocycles. The fourth-order valence-electron chi connectivity index (χ4n) is 3.10. The van der Waals surface area contributed by atoms with Crippen molar-refractivity contribution in [2.24, 2.45) is 0 Å². The second-order valence-electron chi connectivity index (χ2n) is 6.70. The van der Waals surface area contributed by atoms with Crippen LogP contribution in [-0.2, 0) is 11.3 Å². The topological polar surface area (TPSA) is 118 Å². The molecule has 0 bridgehead atoms. The van der Waals surface area contributed by atoms with Crippen LogP contribution in [0.3, 0.4) is 0 Å². The Kier molecular flexibility index (Phi) is 6.36. The minimum atomic E-state index is -1.26. The number of nitrogens with one attached hydrogen (secondary N) is 1. The highest BCUT2D eigenvalue weighted by Crippen LogP contribution is 2.30. The van der Waals surface area contributed by atoms with Crippen molar-refractivity contribution in [3.8, 4) is 11.5 Å². The van der Waals surface area contributed by atoms with Gasteiger partial charge in [-0.2, -0.15) is 0 Å². The molecule has 1 heterocycles. The lowest BCUT2D eigenvalue weighted by Gasteiger charge is -2.16. The van der Waals surface area contributed by atoms with E-state index in [1.807, 2.05) is 37.3 Å². The molecular formula is C22H22N2O6. The maximum absolute atomic E-state index is 13.1. The number of rotatable bonds is 8. The summed E-state index contributed by atoms with van der Waals surface area (Å²) in [5, 5.41) is 21.9. The van der Waals surface area contributed by atoms with Gasteiger partial charge in [0.2, 0.25) is 0 Å². The standard InChI is InChI=1S/C22H22N2O6/c1-2-10-30-15-8-9-17-16(11-15)20(27)19(21(28)23-12-18(25)26)22(29)24(17)13-14-6-4-3-5-7-14/h3-9,11,27H,2,10,12-13H2,1H3,(H,23,28)(H,25,26). The number of nitrogens with zero attached hydrogens (tertiary/aromatic N) is 1.